The topological polar surface area (TPSA) is 26.3 Å². The predicted molar refractivity (Wildman–Crippen MR) is 83.4 cm³/mol. The van der Waals surface area contributed by atoms with Crippen molar-refractivity contribution >= 4 is 5.97 Å². The number of hydrogen-bond acceptors (Lipinski definition) is 2. The summed E-state index contributed by atoms with van der Waals surface area (Å²) in [6.45, 7) is 6.74. The molecule has 0 aliphatic carbocycles. The molecule has 0 bridgehead atoms. The van der Waals surface area contributed by atoms with Crippen LogP contribution in [0.25, 0.3) is 0 Å². The molecule has 0 radical (unpaired) electrons. The van der Waals surface area contributed by atoms with Crippen molar-refractivity contribution < 1.29 is 9.53 Å². The SMILES string of the molecule is CC(C)/C=C/C=C/C(C)COC(=O)Cc1ccccc1. The first kappa shape index (κ1) is 16.2. The number of carbonyl (C=O) groups excluding carboxylic acids is 1. The van der Waals surface area contributed by atoms with E-state index in [0.29, 0.717) is 18.9 Å². The second-order valence-electron chi connectivity index (χ2n) is 5.34. The molecule has 0 amide bonds. The number of allylic oxidation sites excluding steroid dienone is 3. The summed E-state index contributed by atoms with van der Waals surface area (Å²) < 4.78 is 5.27. The van der Waals surface area contributed by atoms with Crippen LogP contribution in [0.2, 0.25) is 0 Å². The Kier molecular flexibility index (Phi) is 7.41. The minimum Gasteiger partial charge on any atom is -0.465 e. The van der Waals surface area contributed by atoms with E-state index in [1.165, 1.54) is 0 Å². The van der Waals surface area contributed by atoms with Gasteiger partial charge >= 0.3 is 5.97 Å². The van der Waals surface area contributed by atoms with Gasteiger partial charge < -0.3 is 4.74 Å². The minimum absolute atomic E-state index is 0.172. The lowest BCUT2D eigenvalue weighted by Crippen LogP contribution is -2.12. The average Bonchev–Trinajstić information content (AvgIpc) is 2.42. The molecule has 2 heteroatoms. The number of benzene rings is 1. The van der Waals surface area contributed by atoms with Crippen molar-refractivity contribution in [3.05, 3.63) is 60.2 Å². The third kappa shape index (κ3) is 7.57. The highest BCUT2D eigenvalue weighted by Gasteiger charge is 2.06. The number of carbonyl (C=O) groups is 1. The van der Waals surface area contributed by atoms with Crippen molar-refractivity contribution in [2.75, 3.05) is 6.61 Å². The van der Waals surface area contributed by atoms with E-state index < -0.39 is 0 Å². The monoisotopic (exact) mass is 272 g/mol. The molecule has 1 rings (SSSR count). The highest BCUT2D eigenvalue weighted by Crippen LogP contribution is 2.04. The van der Waals surface area contributed by atoms with E-state index in [0.717, 1.165) is 5.56 Å². The number of ether oxygens (including phenoxy) is 1. The Hall–Kier alpha value is -1.83. The van der Waals surface area contributed by atoms with Crippen LogP contribution in [0.3, 0.4) is 0 Å². The molecular formula is C18H24O2. The van der Waals surface area contributed by atoms with Crippen LogP contribution in [-0.2, 0) is 16.0 Å². The molecule has 1 unspecified atom stereocenters. The van der Waals surface area contributed by atoms with Gasteiger partial charge in [-0.05, 0) is 11.5 Å². The van der Waals surface area contributed by atoms with Gasteiger partial charge in [-0.15, -0.1) is 0 Å². The molecule has 0 saturated carbocycles. The third-order valence-electron chi connectivity index (χ3n) is 2.75. The summed E-state index contributed by atoms with van der Waals surface area (Å²) in [5, 5.41) is 0. The molecule has 1 atom stereocenters. The highest BCUT2D eigenvalue weighted by atomic mass is 16.5. The molecule has 1 aromatic carbocycles. The smallest absolute Gasteiger partial charge is 0.310 e. The zero-order valence-corrected chi connectivity index (χ0v) is 12.6. The average molecular weight is 272 g/mol. The second kappa shape index (κ2) is 9.13. The van der Waals surface area contributed by atoms with Gasteiger partial charge in [-0.2, -0.15) is 0 Å². The van der Waals surface area contributed by atoms with E-state index in [4.69, 9.17) is 4.74 Å². The number of esters is 1. The molecule has 20 heavy (non-hydrogen) atoms. The van der Waals surface area contributed by atoms with Gasteiger partial charge in [-0.1, -0.05) is 75.4 Å². The van der Waals surface area contributed by atoms with Crippen molar-refractivity contribution in [2.24, 2.45) is 11.8 Å². The molecule has 0 fully saturated rings. The van der Waals surface area contributed by atoms with Crippen molar-refractivity contribution in [2.45, 2.75) is 27.2 Å². The van der Waals surface area contributed by atoms with Gasteiger partial charge in [0, 0.05) is 5.92 Å². The van der Waals surface area contributed by atoms with Crippen LogP contribution in [0.15, 0.2) is 54.6 Å². The quantitative estimate of drug-likeness (QED) is 0.550. The van der Waals surface area contributed by atoms with Crippen LogP contribution in [0.4, 0.5) is 0 Å². The minimum atomic E-state index is -0.172. The Bertz CT molecular complexity index is 444. The highest BCUT2D eigenvalue weighted by molar-refractivity contribution is 5.72. The van der Waals surface area contributed by atoms with Crippen molar-refractivity contribution in [1.29, 1.82) is 0 Å². The van der Waals surface area contributed by atoms with Crippen LogP contribution in [0, 0.1) is 11.8 Å². The van der Waals surface area contributed by atoms with E-state index >= 15 is 0 Å². The molecule has 0 heterocycles. The molecule has 0 aromatic heterocycles. The first-order chi connectivity index (χ1) is 9.58. The van der Waals surface area contributed by atoms with E-state index in [2.05, 4.69) is 26.0 Å². The molecule has 1 aromatic rings. The van der Waals surface area contributed by atoms with Crippen LogP contribution < -0.4 is 0 Å². The van der Waals surface area contributed by atoms with Gasteiger partial charge in [0.05, 0.1) is 13.0 Å². The van der Waals surface area contributed by atoms with Crippen LogP contribution in [-0.4, -0.2) is 12.6 Å². The maximum atomic E-state index is 11.7. The summed E-state index contributed by atoms with van der Waals surface area (Å²) in [7, 11) is 0. The summed E-state index contributed by atoms with van der Waals surface area (Å²) in [5.41, 5.74) is 0.987. The maximum Gasteiger partial charge on any atom is 0.310 e. The molecular weight excluding hydrogens is 248 g/mol. The molecule has 0 aliphatic heterocycles. The summed E-state index contributed by atoms with van der Waals surface area (Å²) in [6, 6.07) is 9.65. The number of rotatable bonds is 7. The summed E-state index contributed by atoms with van der Waals surface area (Å²) in [5.74, 6) is 0.611. The van der Waals surface area contributed by atoms with Crippen molar-refractivity contribution in [1.82, 2.24) is 0 Å². The fraction of sp³-hybridized carbons (Fsp3) is 0.389. The Morgan fingerprint density at radius 2 is 1.75 bits per heavy atom. The molecule has 0 spiro atoms. The summed E-state index contributed by atoms with van der Waals surface area (Å²) >= 11 is 0. The lowest BCUT2D eigenvalue weighted by molar-refractivity contribution is -0.143. The van der Waals surface area contributed by atoms with Gasteiger partial charge in [0.1, 0.15) is 0 Å². The number of hydrogen-bond donors (Lipinski definition) is 0. The molecule has 108 valence electrons. The molecule has 0 N–H and O–H groups in total. The van der Waals surface area contributed by atoms with Gasteiger partial charge in [0.2, 0.25) is 0 Å². The third-order valence-corrected chi connectivity index (χ3v) is 2.75. The van der Waals surface area contributed by atoms with Crippen molar-refractivity contribution in [3.63, 3.8) is 0 Å². The second-order valence-corrected chi connectivity index (χ2v) is 5.34. The Labute approximate surface area is 122 Å². The molecule has 0 aliphatic rings. The van der Waals surface area contributed by atoms with Gasteiger partial charge in [-0.25, -0.2) is 0 Å². The van der Waals surface area contributed by atoms with E-state index in [9.17, 15) is 4.79 Å². The largest absolute Gasteiger partial charge is 0.465 e. The van der Waals surface area contributed by atoms with E-state index in [-0.39, 0.29) is 11.9 Å². The van der Waals surface area contributed by atoms with Gasteiger partial charge in [-0.3, -0.25) is 4.79 Å². The fourth-order valence-corrected chi connectivity index (χ4v) is 1.63. The molecule has 2 nitrogen and oxygen atoms in total. The normalized spacial score (nSPS) is 13.2. The zero-order chi connectivity index (χ0) is 14.8. The summed E-state index contributed by atoms with van der Waals surface area (Å²) in [6.07, 6.45) is 8.56. The first-order valence-corrected chi connectivity index (χ1v) is 7.12. The predicted octanol–water partition coefficient (Wildman–Crippen LogP) is 4.18. The van der Waals surface area contributed by atoms with Crippen LogP contribution in [0.1, 0.15) is 26.3 Å². The standard InChI is InChI=1S/C18H24O2/c1-15(2)9-7-8-10-16(3)14-20-18(19)13-17-11-5-4-6-12-17/h4-12,15-16H,13-14H2,1-3H3/b9-7+,10-8+. The van der Waals surface area contributed by atoms with Crippen LogP contribution >= 0.6 is 0 Å². The lowest BCUT2D eigenvalue weighted by Gasteiger charge is -2.08. The Balaban J connectivity index is 2.27. The van der Waals surface area contributed by atoms with Crippen LogP contribution in [0.5, 0.6) is 0 Å². The Morgan fingerprint density at radius 1 is 1.10 bits per heavy atom. The van der Waals surface area contributed by atoms with Gasteiger partial charge in [0.15, 0.2) is 0 Å². The Morgan fingerprint density at radius 3 is 2.40 bits per heavy atom. The lowest BCUT2D eigenvalue weighted by atomic mass is 10.1. The summed E-state index contributed by atoms with van der Waals surface area (Å²) in [4.78, 5) is 11.7. The maximum absolute atomic E-state index is 11.7. The molecule has 0 saturated heterocycles. The van der Waals surface area contributed by atoms with Crippen molar-refractivity contribution in [3.8, 4) is 0 Å². The fourth-order valence-electron chi connectivity index (χ4n) is 1.63. The van der Waals surface area contributed by atoms with E-state index in [1.54, 1.807) is 0 Å². The van der Waals surface area contributed by atoms with E-state index in [1.807, 2.05) is 49.4 Å². The van der Waals surface area contributed by atoms with Gasteiger partial charge in [0.25, 0.3) is 0 Å². The first-order valence-electron chi connectivity index (χ1n) is 7.12. The zero-order valence-electron chi connectivity index (χ0n) is 12.6.